The topological polar surface area (TPSA) is 84.5 Å². The van der Waals surface area contributed by atoms with Crippen molar-refractivity contribution in [1.82, 2.24) is 0 Å². The minimum absolute atomic E-state index is 0.265. The molecule has 2 aromatic rings. The van der Waals surface area contributed by atoms with E-state index in [1.54, 1.807) is 37.3 Å². The summed E-state index contributed by atoms with van der Waals surface area (Å²) in [7, 11) is 0. The lowest BCUT2D eigenvalue weighted by Crippen LogP contribution is -2.20. The summed E-state index contributed by atoms with van der Waals surface area (Å²) < 4.78 is 18.1. The molecule has 2 unspecified atom stereocenters. The minimum atomic E-state index is -0.441. The maximum absolute atomic E-state index is 13.2. The number of amides is 2. The number of hydrogen-bond acceptors (Lipinski definition) is 4. The first kappa shape index (κ1) is 18.6. The number of rotatable bonds is 6. The first-order valence-corrected chi connectivity index (χ1v) is 8.62. The molecule has 2 atom stereocenters. The van der Waals surface area contributed by atoms with Crippen LogP contribution in [0.2, 0.25) is 0 Å². The molecule has 7 heteroatoms. The Morgan fingerprint density at radius 2 is 1.63 bits per heavy atom. The molecule has 2 aromatic carbocycles. The van der Waals surface area contributed by atoms with Crippen molar-refractivity contribution >= 4 is 29.2 Å². The highest BCUT2D eigenvalue weighted by Gasteiger charge is 2.48. The van der Waals surface area contributed by atoms with Crippen molar-refractivity contribution < 1.29 is 23.5 Å². The highest BCUT2D eigenvalue weighted by molar-refractivity contribution is 6.03. The van der Waals surface area contributed by atoms with E-state index >= 15 is 0 Å². The van der Waals surface area contributed by atoms with E-state index in [1.807, 2.05) is 0 Å². The Balaban J connectivity index is 1.52. The number of anilines is 2. The summed E-state index contributed by atoms with van der Waals surface area (Å²) in [5.74, 6) is -2.30. The van der Waals surface area contributed by atoms with Crippen LogP contribution in [0.4, 0.5) is 15.8 Å². The van der Waals surface area contributed by atoms with Crippen LogP contribution in [-0.4, -0.2) is 24.4 Å². The van der Waals surface area contributed by atoms with Gasteiger partial charge in [-0.05, 0) is 55.8 Å². The van der Waals surface area contributed by atoms with E-state index in [1.165, 1.54) is 18.2 Å². The molecular formula is C20H19FN2O4. The molecule has 0 bridgehead atoms. The molecule has 0 aliphatic heterocycles. The number of carbonyl (C=O) groups excluding carboxylic acids is 3. The van der Waals surface area contributed by atoms with Crippen LogP contribution in [0.25, 0.3) is 0 Å². The molecule has 2 N–H and O–H groups in total. The summed E-state index contributed by atoms with van der Waals surface area (Å²) in [5.41, 5.74) is 1.29. The third kappa shape index (κ3) is 4.69. The third-order valence-electron chi connectivity index (χ3n) is 4.22. The summed E-state index contributed by atoms with van der Waals surface area (Å²) in [6.07, 6.45) is 0.438. The monoisotopic (exact) mass is 370 g/mol. The summed E-state index contributed by atoms with van der Waals surface area (Å²) >= 11 is 0. The van der Waals surface area contributed by atoms with Crippen molar-refractivity contribution in [3.8, 4) is 0 Å². The normalized spacial score (nSPS) is 17.7. The first-order valence-electron chi connectivity index (χ1n) is 8.62. The number of hydrogen-bond donors (Lipinski definition) is 2. The van der Waals surface area contributed by atoms with E-state index < -0.39 is 23.6 Å². The smallest absolute Gasteiger partial charge is 0.338 e. The molecule has 0 aromatic heterocycles. The van der Waals surface area contributed by atoms with Gasteiger partial charge in [-0.15, -0.1) is 0 Å². The highest BCUT2D eigenvalue weighted by Crippen LogP contribution is 2.40. The molecule has 1 aliphatic rings. The van der Waals surface area contributed by atoms with E-state index in [4.69, 9.17) is 4.74 Å². The molecule has 6 nitrogen and oxygen atoms in total. The van der Waals surface area contributed by atoms with Crippen LogP contribution in [0.5, 0.6) is 0 Å². The fraction of sp³-hybridized carbons (Fsp3) is 0.250. The maximum atomic E-state index is 13.2. The van der Waals surface area contributed by atoms with E-state index in [0.717, 1.165) is 0 Å². The highest BCUT2D eigenvalue weighted by atomic mass is 19.1. The number of carbonyl (C=O) groups is 3. The third-order valence-corrected chi connectivity index (χ3v) is 4.22. The molecule has 0 spiro atoms. The van der Waals surface area contributed by atoms with E-state index in [2.05, 4.69) is 10.6 Å². The van der Waals surface area contributed by atoms with Crippen LogP contribution < -0.4 is 10.6 Å². The van der Waals surface area contributed by atoms with Crippen LogP contribution in [0.15, 0.2) is 48.5 Å². The lowest BCUT2D eigenvalue weighted by atomic mass is 10.2. The van der Waals surface area contributed by atoms with Crippen molar-refractivity contribution in [2.24, 2.45) is 11.8 Å². The van der Waals surface area contributed by atoms with Gasteiger partial charge in [-0.3, -0.25) is 9.59 Å². The SMILES string of the molecule is CCOC(=O)c1ccc(NC(=O)C2CC2C(=O)Nc2cccc(F)c2)cc1. The Labute approximate surface area is 155 Å². The zero-order chi connectivity index (χ0) is 19.4. The molecule has 1 saturated carbocycles. The second-order valence-electron chi connectivity index (χ2n) is 6.24. The van der Waals surface area contributed by atoms with Gasteiger partial charge < -0.3 is 15.4 Å². The van der Waals surface area contributed by atoms with Gasteiger partial charge >= 0.3 is 5.97 Å². The van der Waals surface area contributed by atoms with Crippen LogP contribution in [0.1, 0.15) is 23.7 Å². The molecule has 0 heterocycles. The Morgan fingerprint density at radius 3 is 2.22 bits per heavy atom. The number of nitrogens with one attached hydrogen (secondary N) is 2. The molecule has 1 aliphatic carbocycles. The van der Waals surface area contributed by atoms with Crippen LogP contribution >= 0.6 is 0 Å². The van der Waals surface area contributed by atoms with Gasteiger partial charge in [0.05, 0.1) is 24.0 Å². The predicted octanol–water partition coefficient (Wildman–Crippen LogP) is 3.22. The van der Waals surface area contributed by atoms with Gasteiger partial charge in [-0.25, -0.2) is 9.18 Å². The lowest BCUT2D eigenvalue weighted by molar-refractivity contribution is -0.122. The predicted molar refractivity (Wildman–Crippen MR) is 97.7 cm³/mol. The van der Waals surface area contributed by atoms with Gasteiger partial charge in [-0.1, -0.05) is 6.07 Å². The summed E-state index contributed by atoms with van der Waals surface area (Å²) in [4.78, 5) is 36.1. The zero-order valence-electron chi connectivity index (χ0n) is 14.7. The number of ether oxygens (including phenoxy) is 1. The van der Waals surface area contributed by atoms with Crippen molar-refractivity contribution in [3.05, 3.63) is 59.9 Å². The van der Waals surface area contributed by atoms with Crippen molar-refractivity contribution in [1.29, 1.82) is 0 Å². The Morgan fingerprint density at radius 1 is 1.00 bits per heavy atom. The Bertz CT molecular complexity index is 867. The van der Waals surface area contributed by atoms with E-state index in [0.29, 0.717) is 23.4 Å². The number of halogens is 1. The average Bonchev–Trinajstić information content (AvgIpc) is 3.43. The quantitative estimate of drug-likeness (QED) is 0.765. The van der Waals surface area contributed by atoms with Gasteiger partial charge in [0.2, 0.25) is 11.8 Å². The number of benzene rings is 2. The summed E-state index contributed by atoms with van der Waals surface area (Å²) in [6.45, 7) is 2.01. The van der Waals surface area contributed by atoms with Gasteiger partial charge in [0, 0.05) is 11.4 Å². The molecular weight excluding hydrogens is 351 g/mol. The maximum Gasteiger partial charge on any atom is 0.338 e. The average molecular weight is 370 g/mol. The Hall–Kier alpha value is -3.22. The van der Waals surface area contributed by atoms with E-state index in [9.17, 15) is 18.8 Å². The van der Waals surface area contributed by atoms with Crippen molar-refractivity contribution in [2.75, 3.05) is 17.2 Å². The first-order chi connectivity index (χ1) is 13.0. The van der Waals surface area contributed by atoms with Crippen LogP contribution in [0, 0.1) is 17.7 Å². The largest absolute Gasteiger partial charge is 0.462 e. The van der Waals surface area contributed by atoms with Gasteiger partial charge in [0.15, 0.2) is 0 Å². The molecule has 2 amide bonds. The molecule has 140 valence electrons. The molecule has 1 fully saturated rings. The number of esters is 1. The van der Waals surface area contributed by atoms with Gasteiger partial charge in [0.1, 0.15) is 5.82 Å². The van der Waals surface area contributed by atoms with Crippen LogP contribution in [0.3, 0.4) is 0 Å². The lowest BCUT2D eigenvalue weighted by Gasteiger charge is -2.07. The van der Waals surface area contributed by atoms with Crippen LogP contribution in [-0.2, 0) is 14.3 Å². The minimum Gasteiger partial charge on any atom is -0.462 e. The zero-order valence-corrected chi connectivity index (χ0v) is 14.7. The van der Waals surface area contributed by atoms with E-state index in [-0.39, 0.29) is 18.4 Å². The second-order valence-corrected chi connectivity index (χ2v) is 6.24. The summed E-state index contributed by atoms with van der Waals surface area (Å²) in [6, 6.07) is 11.9. The molecule has 0 radical (unpaired) electrons. The molecule has 3 rings (SSSR count). The van der Waals surface area contributed by atoms with Gasteiger partial charge in [0.25, 0.3) is 0 Å². The van der Waals surface area contributed by atoms with Gasteiger partial charge in [-0.2, -0.15) is 0 Å². The molecule has 27 heavy (non-hydrogen) atoms. The fourth-order valence-corrected chi connectivity index (χ4v) is 2.71. The standard InChI is InChI=1S/C20H19FN2O4/c1-2-27-20(26)12-6-8-14(9-7-12)22-18(24)16-11-17(16)19(25)23-15-5-3-4-13(21)10-15/h3-10,16-17H,2,11H2,1H3,(H,22,24)(H,23,25). The van der Waals surface area contributed by atoms with Crippen molar-refractivity contribution in [2.45, 2.75) is 13.3 Å². The second kappa shape index (κ2) is 7.99. The van der Waals surface area contributed by atoms with Crippen molar-refractivity contribution in [3.63, 3.8) is 0 Å². The Kier molecular flexibility index (Phi) is 5.49. The summed E-state index contributed by atoms with van der Waals surface area (Å²) in [5, 5.41) is 5.34. The molecule has 0 saturated heterocycles. The fourth-order valence-electron chi connectivity index (χ4n) is 2.71.